The number of carbonyl (C=O) groups excluding carboxylic acids is 1. The number of fused-ring (bicyclic) bond motifs is 1. The monoisotopic (exact) mass is 292 g/mol. The molecule has 0 fully saturated rings. The molecule has 1 N–H and O–H groups in total. The topological polar surface area (TPSA) is 70.5 Å². The van der Waals surface area contributed by atoms with Crippen molar-refractivity contribution < 1.29 is 14.7 Å². The minimum absolute atomic E-state index is 0.289. The van der Waals surface area contributed by atoms with Gasteiger partial charge in [0.25, 0.3) is 0 Å². The first-order chi connectivity index (χ1) is 9.60. The van der Waals surface area contributed by atoms with Crippen LogP contribution in [0.5, 0.6) is 0 Å². The van der Waals surface area contributed by atoms with Gasteiger partial charge in [0.05, 0.1) is 5.52 Å². The molecule has 0 spiro atoms. The highest BCUT2D eigenvalue weighted by molar-refractivity contribution is 6.35. The Hall–Kier alpha value is -2.14. The molecule has 1 unspecified atom stereocenters. The van der Waals surface area contributed by atoms with Gasteiger partial charge < -0.3 is 10.0 Å². The highest BCUT2D eigenvalue weighted by Gasteiger charge is 2.28. The number of carboxylic acids is 1. The molecular weight excluding hydrogens is 280 g/mol. The van der Waals surface area contributed by atoms with Crippen molar-refractivity contribution in [1.82, 2.24) is 9.88 Å². The van der Waals surface area contributed by atoms with Crippen LogP contribution in [0.4, 0.5) is 0 Å². The normalized spacial score (nSPS) is 12.1. The molecular formula is C14H13ClN2O3. The summed E-state index contributed by atoms with van der Waals surface area (Å²) in [7, 11) is 0. The first-order valence-electron chi connectivity index (χ1n) is 6.07. The summed E-state index contributed by atoms with van der Waals surface area (Å²) in [4.78, 5) is 28.0. The third-order valence-electron chi connectivity index (χ3n) is 3.11. The van der Waals surface area contributed by atoms with E-state index in [1.807, 2.05) is 0 Å². The van der Waals surface area contributed by atoms with E-state index < -0.39 is 12.0 Å². The van der Waals surface area contributed by atoms with Crippen LogP contribution in [0, 0.1) is 0 Å². The molecule has 20 heavy (non-hydrogen) atoms. The summed E-state index contributed by atoms with van der Waals surface area (Å²) in [5, 5.41) is 10.6. The SMILES string of the molecule is CCN(C=O)C(C(=O)O)c1ccc(Cl)c2cccnc12. The molecule has 0 bridgehead atoms. The van der Waals surface area contributed by atoms with Gasteiger partial charge in [-0.25, -0.2) is 4.79 Å². The predicted molar refractivity (Wildman–Crippen MR) is 75.6 cm³/mol. The average molecular weight is 293 g/mol. The molecule has 1 aromatic heterocycles. The van der Waals surface area contributed by atoms with E-state index in [2.05, 4.69) is 4.98 Å². The summed E-state index contributed by atoms with van der Waals surface area (Å²) in [6.07, 6.45) is 2.10. The Labute approximate surface area is 120 Å². The van der Waals surface area contributed by atoms with Gasteiger partial charge in [0.1, 0.15) is 0 Å². The van der Waals surface area contributed by atoms with Crippen LogP contribution in [0.3, 0.4) is 0 Å². The fourth-order valence-corrected chi connectivity index (χ4v) is 2.37. The van der Waals surface area contributed by atoms with E-state index >= 15 is 0 Å². The van der Waals surface area contributed by atoms with E-state index in [4.69, 9.17) is 11.6 Å². The molecule has 0 saturated heterocycles. The Morgan fingerprint density at radius 3 is 2.85 bits per heavy atom. The number of amides is 1. The summed E-state index contributed by atoms with van der Waals surface area (Å²) in [6.45, 7) is 2.01. The molecule has 0 aliphatic rings. The fourth-order valence-electron chi connectivity index (χ4n) is 2.15. The van der Waals surface area contributed by atoms with Crippen LogP contribution in [-0.2, 0) is 9.59 Å². The van der Waals surface area contributed by atoms with E-state index in [1.54, 1.807) is 37.4 Å². The van der Waals surface area contributed by atoms with Gasteiger partial charge in [-0.3, -0.25) is 9.78 Å². The lowest BCUT2D eigenvalue weighted by Crippen LogP contribution is -2.33. The minimum atomic E-state index is -1.10. The quantitative estimate of drug-likeness (QED) is 0.860. The van der Waals surface area contributed by atoms with Crippen molar-refractivity contribution in [3.63, 3.8) is 0 Å². The first-order valence-corrected chi connectivity index (χ1v) is 6.45. The zero-order valence-electron chi connectivity index (χ0n) is 10.8. The number of halogens is 1. The number of pyridine rings is 1. The summed E-state index contributed by atoms with van der Waals surface area (Å²) in [5.74, 6) is -1.10. The van der Waals surface area contributed by atoms with Crippen molar-refractivity contribution in [3.05, 3.63) is 41.0 Å². The number of likely N-dealkylation sites (N-methyl/N-ethyl adjacent to an activating group) is 1. The van der Waals surface area contributed by atoms with Crippen molar-refractivity contribution >= 4 is 34.9 Å². The zero-order chi connectivity index (χ0) is 14.7. The second-order valence-corrected chi connectivity index (χ2v) is 4.62. The molecule has 0 radical (unpaired) electrons. The number of carbonyl (C=O) groups is 2. The number of carboxylic acid groups (broad SMARTS) is 1. The number of hydrogen-bond donors (Lipinski definition) is 1. The summed E-state index contributed by atoms with van der Waals surface area (Å²) in [6, 6.07) is 5.64. The Kier molecular flexibility index (Phi) is 4.20. The molecule has 1 aromatic carbocycles. The van der Waals surface area contributed by atoms with Crippen LogP contribution in [0.2, 0.25) is 5.02 Å². The molecule has 104 valence electrons. The second kappa shape index (κ2) is 5.88. The predicted octanol–water partition coefficient (Wildman–Crippen LogP) is 2.49. The Morgan fingerprint density at radius 2 is 2.25 bits per heavy atom. The van der Waals surface area contributed by atoms with Gasteiger partial charge in [-0.05, 0) is 25.1 Å². The Balaban J connectivity index is 2.68. The smallest absolute Gasteiger partial charge is 0.331 e. The van der Waals surface area contributed by atoms with Gasteiger partial charge in [0, 0.05) is 28.7 Å². The van der Waals surface area contributed by atoms with Crippen molar-refractivity contribution in [2.24, 2.45) is 0 Å². The van der Waals surface area contributed by atoms with Gasteiger partial charge in [0.15, 0.2) is 6.04 Å². The maximum absolute atomic E-state index is 11.5. The lowest BCUT2D eigenvalue weighted by atomic mass is 10.0. The maximum Gasteiger partial charge on any atom is 0.331 e. The number of nitrogens with zero attached hydrogens (tertiary/aromatic N) is 2. The zero-order valence-corrected chi connectivity index (χ0v) is 11.5. The van der Waals surface area contributed by atoms with Crippen molar-refractivity contribution in [1.29, 1.82) is 0 Å². The van der Waals surface area contributed by atoms with Crippen LogP contribution in [-0.4, -0.2) is 33.9 Å². The molecule has 0 saturated carbocycles. The van der Waals surface area contributed by atoms with Gasteiger partial charge in [0.2, 0.25) is 6.41 Å². The van der Waals surface area contributed by atoms with Crippen LogP contribution < -0.4 is 0 Å². The van der Waals surface area contributed by atoms with Crippen molar-refractivity contribution in [3.8, 4) is 0 Å². The molecule has 0 aliphatic heterocycles. The summed E-state index contributed by atoms with van der Waals surface area (Å²) < 4.78 is 0. The third kappa shape index (κ3) is 2.44. The van der Waals surface area contributed by atoms with Crippen LogP contribution in [0.15, 0.2) is 30.5 Å². The molecule has 2 rings (SSSR count). The summed E-state index contributed by atoms with van der Waals surface area (Å²) in [5.41, 5.74) is 0.944. The lowest BCUT2D eigenvalue weighted by molar-refractivity contribution is -0.146. The van der Waals surface area contributed by atoms with Crippen LogP contribution in [0.25, 0.3) is 10.9 Å². The van der Waals surface area contributed by atoms with E-state index in [1.165, 1.54) is 4.90 Å². The Morgan fingerprint density at radius 1 is 1.50 bits per heavy atom. The summed E-state index contributed by atoms with van der Waals surface area (Å²) >= 11 is 6.09. The van der Waals surface area contributed by atoms with Crippen LogP contribution >= 0.6 is 11.6 Å². The molecule has 1 atom stereocenters. The van der Waals surface area contributed by atoms with Gasteiger partial charge in [-0.15, -0.1) is 0 Å². The van der Waals surface area contributed by atoms with Gasteiger partial charge in [-0.1, -0.05) is 17.7 Å². The number of aliphatic carboxylic acids is 1. The molecule has 0 aliphatic carbocycles. The highest BCUT2D eigenvalue weighted by Crippen LogP contribution is 2.30. The molecule has 6 heteroatoms. The number of hydrogen-bond acceptors (Lipinski definition) is 3. The van der Waals surface area contributed by atoms with E-state index in [0.717, 1.165) is 0 Å². The Bertz CT molecular complexity index is 660. The van der Waals surface area contributed by atoms with Crippen LogP contribution in [0.1, 0.15) is 18.5 Å². The van der Waals surface area contributed by atoms with E-state index in [-0.39, 0.29) is 6.54 Å². The lowest BCUT2D eigenvalue weighted by Gasteiger charge is -2.24. The average Bonchev–Trinajstić information content (AvgIpc) is 2.46. The van der Waals surface area contributed by atoms with E-state index in [0.29, 0.717) is 27.9 Å². The van der Waals surface area contributed by atoms with Crippen molar-refractivity contribution in [2.45, 2.75) is 13.0 Å². The second-order valence-electron chi connectivity index (χ2n) is 4.21. The van der Waals surface area contributed by atoms with Gasteiger partial charge in [-0.2, -0.15) is 0 Å². The molecule has 5 nitrogen and oxygen atoms in total. The third-order valence-corrected chi connectivity index (χ3v) is 3.44. The number of aromatic nitrogens is 1. The largest absolute Gasteiger partial charge is 0.479 e. The number of benzene rings is 1. The molecule has 2 aromatic rings. The maximum atomic E-state index is 11.5. The highest BCUT2D eigenvalue weighted by atomic mass is 35.5. The molecule has 1 amide bonds. The first kappa shape index (κ1) is 14.3. The fraction of sp³-hybridized carbons (Fsp3) is 0.214. The standard InChI is InChI=1S/C14H13ClN2O3/c1-2-17(8-18)13(14(19)20)10-5-6-11(15)9-4-3-7-16-12(9)10/h3-8,13H,2H2,1H3,(H,19,20). The van der Waals surface area contributed by atoms with Crippen molar-refractivity contribution in [2.75, 3.05) is 6.54 Å². The molecule has 1 heterocycles. The minimum Gasteiger partial charge on any atom is -0.479 e. The van der Waals surface area contributed by atoms with E-state index in [9.17, 15) is 14.7 Å². The number of rotatable bonds is 5. The van der Waals surface area contributed by atoms with Gasteiger partial charge >= 0.3 is 5.97 Å².